The van der Waals surface area contributed by atoms with Crippen molar-refractivity contribution in [3.8, 4) is 0 Å². The van der Waals surface area contributed by atoms with Gasteiger partial charge in [-0.3, -0.25) is 9.97 Å². The van der Waals surface area contributed by atoms with Crippen LogP contribution in [0.4, 0.5) is 0 Å². The summed E-state index contributed by atoms with van der Waals surface area (Å²) in [7, 11) is -3.40. The Balaban J connectivity index is 2.23. The van der Waals surface area contributed by atoms with Crippen molar-refractivity contribution in [2.24, 2.45) is 0 Å². The number of hydrogen-bond donors (Lipinski definition) is 0. The van der Waals surface area contributed by atoms with E-state index < -0.39 is 10.0 Å². The van der Waals surface area contributed by atoms with E-state index in [-0.39, 0.29) is 4.90 Å². The molecule has 1 fully saturated rings. The highest BCUT2D eigenvalue weighted by molar-refractivity contribution is 7.89. The van der Waals surface area contributed by atoms with Crippen LogP contribution in [0.25, 0.3) is 11.0 Å². The Morgan fingerprint density at radius 3 is 2.59 bits per heavy atom. The van der Waals surface area contributed by atoms with Gasteiger partial charge in [-0.1, -0.05) is 6.07 Å². The fourth-order valence-corrected chi connectivity index (χ4v) is 3.51. The van der Waals surface area contributed by atoms with Crippen LogP contribution < -0.4 is 0 Å². The summed E-state index contributed by atoms with van der Waals surface area (Å²) >= 11 is 0. The predicted octanol–water partition coefficient (Wildman–Crippen LogP) is 1.02. The second kappa shape index (κ2) is 3.75. The number of rotatable bonds is 2. The van der Waals surface area contributed by atoms with Crippen LogP contribution >= 0.6 is 0 Å². The van der Waals surface area contributed by atoms with Crippen molar-refractivity contribution in [2.45, 2.75) is 11.3 Å². The van der Waals surface area contributed by atoms with Gasteiger partial charge in [0.1, 0.15) is 10.4 Å². The van der Waals surface area contributed by atoms with E-state index in [4.69, 9.17) is 0 Å². The summed E-state index contributed by atoms with van der Waals surface area (Å²) in [6, 6.07) is 5.05. The molecule has 0 amide bonds. The number of sulfonamides is 1. The van der Waals surface area contributed by atoms with Gasteiger partial charge >= 0.3 is 0 Å². The molecule has 1 aliphatic rings. The molecule has 0 N–H and O–H groups in total. The van der Waals surface area contributed by atoms with Crippen molar-refractivity contribution in [3.63, 3.8) is 0 Å². The van der Waals surface area contributed by atoms with Gasteiger partial charge in [0.15, 0.2) is 0 Å². The summed E-state index contributed by atoms with van der Waals surface area (Å²) in [5, 5.41) is 0. The molecule has 1 saturated heterocycles. The summed E-state index contributed by atoms with van der Waals surface area (Å²) < 4.78 is 26.0. The molecule has 6 heteroatoms. The molecule has 0 unspecified atom stereocenters. The lowest BCUT2D eigenvalue weighted by atomic mass is 10.3. The van der Waals surface area contributed by atoms with Crippen molar-refractivity contribution in [1.82, 2.24) is 14.3 Å². The molecule has 2 aromatic rings. The SMILES string of the molecule is O=S(=O)(c1cccc2nccnc12)N1CCC1. The van der Waals surface area contributed by atoms with Crippen molar-refractivity contribution in [3.05, 3.63) is 30.6 Å². The zero-order valence-corrected chi connectivity index (χ0v) is 9.89. The van der Waals surface area contributed by atoms with Crippen LogP contribution in [0.1, 0.15) is 6.42 Å². The van der Waals surface area contributed by atoms with Gasteiger partial charge < -0.3 is 0 Å². The van der Waals surface area contributed by atoms with E-state index in [2.05, 4.69) is 9.97 Å². The van der Waals surface area contributed by atoms with Crippen molar-refractivity contribution in [1.29, 1.82) is 0 Å². The minimum atomic E-state index is -3.40. The first-order chi connectivity index (χ1) is 8.19. The third-order valence-corrected chi connectivity index (χ3v) is 4.82. The highest BCUT2D eigenvalue weighted by Crippen LogP contribution is 2.25. The Hall–Kier alpha value is -1.53. The van der Waals surface area contributed by atoms with E-state index in [0.29, 0.717) is 24.1 Å². The number of nitrogens with zero attached hydrogens (tertiary/aromatic N) is 3. The Bertz CT molecular complexity index is 660. The van der Waals surface area contributed by atoms with Crippen molar-refractivity contribution < 1.29 is 8.42 Å². The third kappa shape index (κ3) is 1.60. The van der Waals surface area contributed by atoms with Crippen LogP contribution in [-0.4, -0.2) is 35.8 Å². The summed E-state index contributed by atoms with van der Waals surface area (Å²) in [6.07, 6.45) is 4.00. The largest absolute Gasteiger partial charge is 0.253 e. The zero-order valence-electron chi connectivity index (χ0n) is 9.07. The maximum absolute atomic E-state index is 12.3. The molecule has 88 valence electrons. The number of hydrogen-bond acceptors (Lipinski definition) is 4. The van der Waals surface area contributed by atoms with Gasteiger partial charge in [0.25, 0.3) is 0 Å². The van der Waals surface area contributed by atoms with E-state index in [9.17, 15) is 8.42 Å². The molecule has 3 rings (SSSR count). The first-order valence-electron chi connectivity index (χ1n) is 5.39. The first-order valence-corrected chi connectivity index (χ1v) is 6.83. The van der Waals surface area contributed by atoms with E-state index in [1.165, 1.54) is 10.5 Å². The first kappa shape index (κ1) is 10.6. The maximum atomic E-state index is 12.3. The standard InChI is InChI=1S/C11H11N3O2S/c15-17(16,14-7-2-8-14)10-4-1-3-9-11(10)13-6-5-12-9/h1,3-6H,2,7-8H2. The monoisotopic (exact) mass is 249 g/mol. The molecular formula is C11H11N3O2S. The maximum Gasteiger partial charge on any atom is 0.245 e. The smallest absolute Gasteiger partial charge is 0.245 e. The van der Waals surface area contributed by atoms with Crippen LogP contribution in [0.5, 0.6) is 0 Å². The van der Waals surface area contributed by atoms with Crippen LogP contribution in [0, 0.1) is 0 Å². The van der Waals surface area contributed by atoms with Crippen LogP contribution in [0.15, 0.2) is 35.5 Å². The minimum Gasteiger partial charge on any atom is -0.253 e. The zero-order chi connectivity index (χ0) is 11.9. The molecule has 0 bridgehead atoms. The Kier molecular flexibility index (Phi) is 2.34. The predicted molar refractivity (Wildman–Crippen MR) is 62.9 cm³/mol. The fraction of sp³-hybridized carbons (Fsp3) is 0.273. The lowest BCUT2D eigenvalue weighted by Gasteiger charge is -2.29. The molecule has 1 aromatic carbocycles. The Labute approximate surface area is 99.2 Å². The molecule has 1 aliphatic heterocycles. The highest BCUT2D eigenvalue weighted by atomic mass is 32.2. The number of aromatic nitrogens is 2. The molecular weight excluding hydrogens is 238 g/mol. The summed E-state index contributed by atoms with van der Waals surface area (Å²) in [5.41, 5.74) is 1.05. The average molecular weight is 249 g/mol. The Morgan fingerprint density at radius 1 is 1.12 bits per heavy atom. The average Bonchev–Trinajstić information content (AvgIpc) is 2.25. The highest BCUT2D eigenvalue weighted by Gasteiger charge is 2.30. The molecule has 0 saturated carbocycles. The topological polar surface area (TPSA) is 63.2 Å². The van der Waals surface area contributed by atoms with E-state index >= 15 is 0 Å². The molecule has 1 aromatic heterocycles. The summed E-state index contributed by atoms with van der Waals surface area (Å²) in [5.74, 6) is 0. The molecule has 5 nitrogen and oxygen atoms in total. The van der Waals surface area contributed by atoms with Gasteiger partial charge in [0, 0.05) is 25.5 Å². The van der Waals surface area contributed by atoms with Crippen molar-refractivity contribution in [2.75, 3.05) is 13.1 Å². The van der Waals surface area contributed by atoms with Gasteiger partial charge in [0.2, 0.25) is 10.0 Å². The second-order valence-corrected chi connectivity index (χ2v) is 5.84. The van der Waals surface area contributed by atoms with Gasteiger partial charge in [-0.25, -0.2) is 8.42 Å². The summed E-state index contributed by atoms with van der Waals surface area (Å²) in [4.78, 5) is 8.49. The van der Waals surface area contributed by atoms with Gasteiger partial charge in [-0.2, -0.15) is 4.31 Å². The molecule has 0 radical (unpaired) electrons. The van der Waals surface area contributed by atoms with Crippen LogP contribution in [0.2, 0.25) is 0 Å². The third-order valence-electron chi connectivity index (χ3n) is 2.89. The quantitative estimate of drug-likeness (QED) is 0.797. The lowest BCUT2D eigenvalue weighted by Crippen LogP contribution is -2.42. The second-order valence-electron chi connectivity index (χ2n) is 3.94. The number of fused-ring (bicyclic) bond motifs is 1. The lowest BCUT2D eigenvalue weighted by molar-refractivity contribution is 0.309. The van der Waals surface area contributed by atoms with E-state index in [1.54, 1.807) is 24.4 Å². The molecule has 2 heterocycles. The molecule has 0 spiro atoms. The Morgan fingerprint density at radius 2 is 1.88 bits per heavy atom. The van der Waals surface area contributed by atoms with Crippen LogP contribution in [-0.2, 0) is 10.0 Å². The molecule has 17 heavy (non-hydrogen) atoms. The van der Waals surface area contributed by atoms with Gasteiger partial charge in [-0.15, -0.1) is 0 Å². The van der Waals surface area contributed by atoms with E-state index in [1.807, 2.05) is 0 Å². The van der Waals surface area contributed by atoms with Crippen molar-refractivity contribution >= 4 is 21.1 Å². The van der Waals surface area contributed by atoms with Gasteiger partial charge in [-0.05, 0) is 18.6 Å². The molecule has 0 aliphatic carbocycles. The van der Waals surface area contributed by atoms with Crippen LogP contribution in [0.3, 0.4) is 0 Å². The van der Waals surface area contributed by atoms with E-state index in [0.717, 1.165) is 6.42 Å². The van der Waals surface area contributed by atoms with Gasteiger partial charge in [0.05, 0.1) is 5.52 Å². The fourth-order valence-electron chi connectivity index (χ4n) is 1.84. The molecule has 0 atom stereocenters. The number of benzene rings is 1. The minimum absolute atomic E-state index is 0.253. The summed E-state index contributed by atoms with van der Waals surface area (Å²) in [6.45, 7) is 1.19. The number of para-hydroxylation sites is 1. The normalized spacial score (nSPS) is 16.9.